The van der Waals surface area contributed by atoms with Crippen LogP contribution >= 0.6 is 0 Å². The maximum Gasteiger partial charge on any atom is 0.343 e. The van der Waals surface area contributed by atoms with Crippen molar-refractivity contribution in [3.05, 3.63) is 124 Å². The molecule has 0 saturated carbocycles. The third-order valence-corrected chi connectivity index (χ3v) is 7.09. The molecule has 0 heterocycles. The number of hydrogen-bond acceptors (Lipinski definition) is 4. The van der Waals surface area contributed by atoms with Gasteiger partial charge in [0.15, 0.2) is 0 Å². The molecule has 0 amide bonds. The summed E-state index contributed by atoms with van der Waals surface area (Å²) >= 11 is 0. The number of methoxy groups -OCH3 is 1. The molecule has 37 heavy (non-hydrogen) atoms. The molecule has 0 N–H and O–H groups in total. The van der Waals surface area contributed by atoms with Crippen molar-refractivity contribution >= 4 is 11.9 Å². The Bertz CT molecular complexity index is 1450. The van der Waals surface area contributed by atoms with Crippen molar-refractivity contribution in [2.24, 2.45) is 0 Å². The number of ether oxygens (including phenoxy) is 2. The number of hydrogen-bond donors (Lipinski definition) is 0. The summed E-state index contributed by atoms with van der Waals surface area (Å²) in [5.41, 5.74) is 8.52. The number of rotatable bonds is 6. The highest BCUT2D eigenvalue weighted by atomic mass is 16.5. The first-order chi connectivity index (χ1) is 17.6. The molecule has 4 aromatic carbocycles. The highest BCUT2D eigenvalue weighted by Gasteiger charge is 2.24. The molecule has 0 aromatic heterocycles. The van der Waals surface area contributed by atoms with Crippen LogP contribution in [0.5, 0.6) is 5.75 Å². The monoisotopic (exact) mass is 492 g/mol. The first-order valence-corrected chi connectivity index (χ1v) is 12.3. The largest absolute Gasteiger partial charge is 0.465 e. The Morgan fingerprint density at radius 1 is 0.595 bits per heavy atom. The molecule has 4 nitrogen and oxygen atoms in total. The number of esters is 2. The van der Waals surface area contributed by atoms with Crippen molar-refractivity contribution in [3.63, 3.8) is 0 Å². The van der Waals surface area contributed by atoms with Gasteiger partial charge >= 0.3 is 11.9 Å². The predicted molar refractivity (Wildman–Crippen MR) is 147 cm³/mol. The lowest BCUT2D eigenvalue weighted by molar-refractivity contribution is 0.0600. The molecule has 188 valence electrons. The molecular weight excluding hydrogens is 460 g/mol. The van der Waals surface area contributed by atoms with E-state index in [0.717, 1.165) is 22.3 Å². The third-order valence-electron chi connectivity index (χ3n) is 7.09. The summed E-state index contributed by atoms with van der Waals surface area (Å²) in [6.07, 6.45) is 0. The van der Waals surface area contributed by atoms with Crippen molar-refractivity contribution in [2.45, 2.75) is 40.0 Å². The van der Waals surface area contributed by atoms with Gasteiger partial charge in [0.25, 0.3) is 0 Å². The second-order valence-electron chi connectivity index (χ2n) is 9.94. The number of aryl methyl sites for hydroxylation is 3. The van der Waals surface area contributed by atoms with Crippen molar-refractivity contribution in [1.29, 1.82) is 0 Å². The van der Waals surface area contributed by atoms with E-state index in [1.54, 1.807) is 24.3 Å². The van der Waals surface area contributed by atoms with E-state index >= 15 is 0 Å². The minimum absolute atomic E-state index is 0.184. The van der Waals surface area contributed by atoms with E-state index in [9.17, 15) is 9.59 Å². The normalized spacial score (nSPS) is 11.2. The van der Waals surface area contributed by atoms with E-state index in [2.05, 4.69) is 52.0 Å². The van der Waals surface area contributed by atoms with Gasteiger partial charge in [-0.15, -0.1) is 0 Å². The molecule has 0 atom stereocenters. The molecule has 4 rings (SSSR count). The first kappa shape index (κ1) is 25.9. The average molecular weight is 493 g/mol. The first-order valence-electron chi connectivity index (χ1n) is 12.3. The maximum absolute atomic E-state index is 12.9. The van der Waals surface area contributed by atoms with Gasteiger partial charge < -0.3 is 9.47 Å². The Hall–Kier alpha value is -4.18. The smallest absolute Gasteiger partial charge is 0.343 e. The fraction of sp³-hybridized carbons (Fsp3) is 0.212. The van der Waals surface area contributed by atoms with E-state index < -0.39 is 5.97 Å². The second kappa shape index (κ2) is 10.4. The third kappa shape index (κ3) is 5.49. The zero-order valence-corrected chi connectivity index (χ0v) is 22.2. The van der Waals surface area contributed by atoms with Crippen LogP contribution in [0.2, 0.25) is 0 Å². The summed E-state index contributed by atoms with van der Waals surface area (Å²) in [6, 6.07) is 27.0. The minimum Gasteiger partial charge on any atom is -0.465 e. The fourth-order valence-corrected chi connectivity index (χ4v) is 4.32. The minimum atomic E-state index is -0.406. The molecule has 0 aliphatic rings. The topological polar surface area (TPSA) is 52.6 Å². The molecule has 0 spiro atoms. The summed E-state index contributed by atoms with van der Waals surface area (Å²) < 4.78 is 10.5. The SMILES string of the molecule is COC(=O)c1ccc(-c2ccc(C(=O)Oc3ccc(C(C)(C)c4ccc(C)c(C)c4)cc3C)cc2)cc1. The van der Waals surface area contributed by atoms with Gasteiger partial charge in [0.1, 0.15) is 5.75 Å². The summed E-state index contributed by atoms with van der Waals surface area (Å²) in [7, 11) is 1.36. The van der Waals surface area contributed by atoms with E-state index in [1.165, 1.54) is 23.8 Å². The van der Waals surface area contributed by atoms with Crippen LogP contribution in [0.15, 0.2) is 84.9 Å². The van der Waals surface area contributed by atoms with Crippen LogP contribution in [-0.2, 0) is 10.2 Å². The van der Waals surface area contributed by atoms with E-state index in [-0.39, 0.29) is 11.4 Å². The van der Waals surface area contributed by atoms with Gasteiger partial charge in [-0.1, -0.05) is 68.4 Å². The Kier molecular flexibility index (Phi) is 7.30. The van der Waals surface area contributed by atoms with Gasteiger partial charge in [0, 0.05) is 5.41 Å². The zero-order chi connectivity index (χ0) is 26.7. The Morgan fingerprint density at radius 2 is 1.08 bits per heavy atom. The van der Waals surface area contributed by atoms with Crippen LogP contribution in [-0.4, -0.2) is 19.0 Å². The van der Waals surface area contributed by atoms with Crippen LogP contribution in [0.1, 0.15) is 62.4 Å². The van der Waals surface area contributed by atoms with E-state index in [4.69, 9.17) is 9.47 Å². The summed E-state index contributed by atoms with van der Waals surface area (Å²) in [5, 5.41) is 0. The van der Waals surface area contributed by atoms with Gasteiger partial charge in [-0.2, -0.15) is 0 Å². The number of carbonyl (C=O) groups excluding carboxylic acids is 2. The second-order valence-corrected chi connectivity index (χ2v) is 9.94. The quantitative estimate of drug-likeness (QED) is 0.205. The molecule has 0 aliphatic carbocycles. The van der Waals surface area contributed by atoms with Crippen LogP contribution < -0.4 is 4.74 Å². The average Bonchev–Trinajstić information content (AvgIpc) is 2.91. The highest BCUT2D eigenvalue weighted by Crippen LogP contribution is 2.35. The molecule has 4 heteroatoms. The van der Waals surface area contributed by atoms with Crippen LogP contribution in [0.4, 0.5) is 0 Å². The van der Waals surface area contributed by atoms with Crippen molar-refractivity contribution in [3.8, 4) is 16.9 Å². The molecular formula is C33H32O4. The highest BCUT2D eigenvalue weighted by molar-refractivity contribution is 5.92. The molecule has 0 fully saturated rings. The van der Waals surface area contributed by atoms with Crippen LogP contribution in [0.25, 0.3) is 11.1 Å². The van der Waals surface area contributed by atoms with E-state index in [1.807, 2.05) is 43.3 Å². The van der Waals surface area contributed by atoms with Gasteiger partial charge in [-0.05, 0) is 90.0 Å². The molecule has 0 radical (unpaired) electrons. The van der Waals surface area contributed by atoms with Crippen LogP contribution in [0, 0.1) is 20.8 Å². The van der Waals surface area contributed by atoms with Crippen molar-refractivity contribution < 1.29 is 19.1 Å². The van der Waals surface area contributed by atoms with Gasteiger partial charge in [0.05, 0.1) is 18.2 Å². The van der Waals surface area contributed by atoms with E-state index in [0.29, 0.717) is 16.9 Å². The van der Waals surface area contributed by atoms with Gasteiger partial charge in [-0.25, -0.2) is 9.59 Å². The molecule has 0 unspecified atom stereocenters. The van der Waals surface area contributed by atoms with Gasteiger partial charge in [-0.3, -0.25) is 0 Å². The maximum atomic E-state index is 12.9. The molecule has 0 bridgehead atoms. The Balaban J connectivity index is 1.48. The fourth-order valence-electron chi connectivity index (χ4n) is 4.32. The molecule has 0 aliphatic heterocycles. The predicted octanol–water partition coefficient (Wildman–Crippen LogP) is 7.61. The van der Waals surface area contributed by atoms with Crippen molar-refractivity contribution in [2.75, 3.05) is 7.11 Å². The lowest BCUT2D eigenvalue weighted by Gasteiger charge is -2.27. The molecule has 4 aromatic rings. The summed E-state index contributed by atoms with van der Waals surface area (Å²) in [6.45, 7) is 10.6. The summed E-state index contributed by atoms with van der Waals surface area (Å²) in [4.78, 5) is 24.5. The zero-order valence-electron chi connectivity index (χ0n) is 22.2. The standard InChI is InChI=1S/C33H32O4/c1-21-7-16-28(19-22(21)2)33(4,5)29-17-18-30(23(3)20-29)37-32(35)27-14-10-25(11-15-27)24-8-12-26(13-9-24)31(34)36-6/h7-20H,1-6H3. The van der Waals surface area contributed by atoms with Crippen molar-refractivity contribution in [1.82, 2.24) is 0 Å². The Labute approximate surface area is 218 Å². The lowest BCUT2D eigenvalue weighted by atomic mass is 9.77. The molecule has 0 saturated heterocycles. The number of carbonyl (C=O) groups is 2. The number of benzene rings is 4. The van der Waals surface area contributed by atoms with Gasteiger partial charge in [0.2, 0.25) is 0 Å². The van der Waals surface area contributed by atoms with Crippen LogP contribution in [0.3, 0.4) is 0 Å². The summed E-state index contributed by atoms with van der Waals surface area (Å²) in [5.74, 6) is -0.231. The Morgan fingerprint density at radius 3 is 1.57 bits per heavy atom. The lowest BCUT2D eigenvalue weighted by Crippen LogP contribution is -2.19.